The van der Waals surface area contributed by atoms with Gasteiger partial charge in [-0.05, 0) is 46.5 Å². The van der Waals surface area contributed by atoms with Crippen LogP contribution in [0.15, 0.2) is 0 Å². The molecule has 0 aliphatic heterocycles. The highest BCUT2D eigenvalue weighted by Gasteiger charge is 2.24. The number of amides is 1. The maximum Gasteiger partial charge on any atom is 0.407 e. The number of hydrogen-bond donors (Lipinski definition) is 1. The predicted molar refractivity (Wildman–Crippen MR) is 56.5 cm³/mol. The van der Waals surface area contributed by atoms with Gasteiger partial charge in [0.05, 0.1) is 0 Å². The predicted octanol–water partition coefficient (Wildman–Crippen LogP) is 2.79. The van der Waals surface area contributed by atoms with E-state index in [4.69, 9.17) is 4.74 Å². The summed E-state index contributed by atoms with van der Waals surface area (Å²) in [4.78, 5) is 11.4. The highest BCUT2D eigenvalue weighted by atomic mass is 19.1. The van der Waals surface area contributed by atoms with Gasteiger partial charge >= 0.3 is 6.09 Å². The molecule has 1 amide bonds. The van der Waals surface area contributed by atoms with Gasteiger partial charge in [-0.1, -0.05) is 0 Å². The Balaban J connectivity index is 2.31. The maximum atomic E-state index is 13.0. The Morgan fingerprint density at radius 1 is 1.40 bits per heavy atom. The van der Waals surface area contributed by atoms with Crippen molar-refractivity contribution in [1.29, 1.82) is 0 Å². The smallest absolute Gasteiger partial charge is 0.407 e. The van der Waals surface area contributed by atoms with Crippen LogP contribution in [-0.4, -0.2) is 23.9 Å². The number of rotatable bonds is 1. The van der Waals surface area contributed by atoms with E-state index in [9.17, 15) is 9.18 Å². The van der Waals surface area contributed by atoms with Gasteiger partial charge < -0.3 is 10.1 Å². The zero-order valence-electron chi connectivity index (χ0n) is 9.68. The summed E-state index contributed by atoms with van der Waals surface area (Å²) in [5.41, 5.74) is -0.492. The zero-order valence-corrected chi connectivity index (χ0v) is 9.68. The lowest BCUT2D eigenvalue weighted by Gasteiger charge is -2.27. The van der Waals surface area contributed by atoms with Crippen LogP contribution in [0.2, 0.25) is 0 Å². The topological polar surface area (TPSA) is 38.3 Å². The highest BCUT2D eigenvalue weighted by molar-refractivity contribution is 5.68. The van der Waals surface area contributed by atoms with E-state index in [-0.39, 0.29) is 6.04 Å². The average molecular weight is 217 g/mol. The van der Waals surface area contributed by atoms with Crippen molar-refractivity contribution >= 4 is 6.09 Å². The summed E-state index contributed by atoms with van der Waals surface area (Å²) in [7, 11) is 0. The van der Waals surface area contributed by atoms with Crippen LogP contribution >= 0.6 is 0 Å². The van der Waals surface area contributed by atoms with Gasteiger partial charge in [0.2, 0.25) is 0 Å². The normalized spacial score (nSPS) is 27.2. The number of hydrogen-bond acceptors (Lipinski definition) is 2. The van der Waals surface area contributed by atoms with Gasteiger partial charge in [0, 0.05) is 6.04 Å². The van der Waals surface area contributed by atoms with E-state index in [1.165, 1.54) is 0 Å². The van der Waals surface area contributed by atoms with Crippen LogP contribution in [0.4, 0.5) is 9.18 Å². The van der Waals surface area contributed by atoms with Crippen LogP contribution < -0.4 is 5.32 Å². The van der Waals surface area contributed by atoms with E-state index < -0.39 is 17.9 Å². The Morgan fingerprint density at radius 2 is 2.07 bits per heavy atom. The summed E-state index contributed by atoms with van der Waals surface area (Å²) < 4.78 is 18.1. The third-order valence-corrected chi connectivity index (χ3v) is 2.33. The fraction of sp³-hybridized carbons (Fsp3) is 0.909. The Kier molecular flexibility index (Phi) is 3.94. The van der Waals surface area contributed by atoms with E-state index in [0.717, 1.165) is 12.8 Å². The number of halogens is 1. The van der Waals surface area contributed by atoms with Gasteiger partial charge in [-0.2, -0.15) is 0 Å². The summed E-state index contributed by atoms with van der Waals surface area (Å²) >= 11 is 0. The van der Waals surface area contributed by atoms with E-state index >= 15 is 0 Å². The van der Waals surface area contributed by atoms with E-state index in [1.807, 2.05) is 20.8 Å². The number of carbonyl (C=O) groups excluding carboxylic acids is 1. The van der Waals surface area contributed by atoms with Gasteiger partial charge in [0.15, 0.2) is 0 Å². The van der Waals surface area contributed by atoms with E-state index in [2.05, 4.69) is 5.32 Å². The molecule has 0 spiro atoms. The molecule has 1 saturated carbocycles. The minimum Gasteiger partial charge on any atom is -0.444 e. The van der Waals surface area contributed by atoms with Crippen LogP contribution in [0, 0.1) is 0 Å². The minimum atomic E-state index is -0.779. The van der Waals surface area contributed by atoms with Crippen LogP contribution in [0.3, 0.4) is 0 Å². The van der Waals surface area contributed by atoms with E-state index in [1.54, 1.807) is 0 Å². The molecular formula is C11H20FNO2. The first kappa shape index (κ1) is 12.3. The molecule has 1 aliphatic carbocycles. The second-order valence-corrected chi connectivity index (χ2v) is 5.11. The number of alkyl carbamates (subject to hydrolysis) is 1. The van der Waals surface area contributed by atoms with Crippen LogP contribution in [-0.2, 0) is 4.74 Å². The molecule has 0 saturated heterocycles. The highest BCUT2D eigenvalue weighted by Crippen LogP contribution is 2.21. The van der Waals surface area contributed by atoms with Crippen molar-refractivity contribution in [2.75, 3.05) is 0 Å². The molecule has 0 radical (unpaired) electrons. The van der Waals surface area contributed by atoms with Crippen LogP contribution in [0.25, 0.3) is 0 Å². The lowest BCUT2D eigenvalue weighted by atomic mass is 9.94. The molecule has 88 valence electrons. The molecule has 0 bridgehead atoms. The van der Waals surface area contributed by atoms with Crippen molar-refractivity contribution in [3.63, 3.8) is 0 Å². The summed E-state index contributed by atoms with van der Waals surface area (Å²) in [6.07, 6.45) is 1.49. The molecular weight excluding hydrogens is 197 g/mol. The summed E-state index contributed by atoms with van der Waals surface area (Å²) in [6.45, 7) is 5.43. The number of ether oxygens (including phenoxy) is 1. The van der Waals surface area contributed by atoms with Crippen molar-refractivity contribution in [3.8, 4) is 0 Å². The van der Waals surface area contributed by atoms with Crippen LogP contribution in [0.5, 0.6) is 0 Å². The molecule has 2 atom stereocenters. The Bertz CT molecular complexity index is 225. The average Bonchev–Trinajstić information content (AvgIpc) is 1.99. The summed E-state index contributed by atoms with van der Waals surface area (Å²) in [5, 5.41) is 2.70. The molecule has 3 nitrogen and oxygen atoms in total. The third-order valence-electron chi connectivity index (χ3n) is 2.33. The largest absolute Gasteiger partial charge is 0.444 e. The Hall–Kier alpha value is -0.800. The van der Waals surface area contributed by atoms with Gasteiger partial charge in [0.25, 0.3) is 0 Å². The van der Waals surface area contributed by atoms with Gasteiger partial charge in [-0.25, -0.2) is 9.18 Å². The molecule has 1 N–H and O–H groups in total. The van der Waals surface area contributed by atoms with E-state index in [0.29, 0.717) is 12.8 Å². The summed E-state index contributed by atoms with van der Waals surface area (Å²) in [6, 6.07) is -0.0661. The lowest BCUT2D eigenvalue weighted by molar-refractivity contribution is 0.0480. The molecule has 1 rings (SSSR count). The van der Waals surface area contributed by atoms with Gasteiger partial charge in [-0.15, -0.1) is 0 Å². The van der Waals surface area contributed by atoms with Crippen molar-refractivity contribution in [1.82, 2.24) is 5.32 Å². The number of alkyl halides is 1. The molecule has 15 heavy (non-hydrogen) atoms. The monoisotopic (exact) mass is 217 g/mol. The molecule has 0 aromatic heterocycles. The molecule has 1 fully saturated rings. The van der Waals surface area contributed by atoms with Gasteiger partial charge in [-0.3, -0.25) is 0 Å². The third kappa shape index (κ3) is 5.00. The minimum absolute atomic E-state index is 0.0661. The molecule has 1 aliphatic rings. The number of carbonyl (C=O) groups is 1. The van der Waals surface area contributed by atoms with Gasteiger partial charge in [0.1, 0.15) is 11.8 Å². The second kappa shape index (κ2) is 4.81. The van der Waals surface area contributed by atoms with Crippen molar-refractivity contribution in [3.05, 3.63) is 0 Å². The number of nitrogens with one attached hydrogen (secondary N) is 1. The zero-order chi connectivity index (χ0) is 11.5. The fourth-order valence-corrected chi connectivity index (χ4v) is 1.74. The van der Waals surface area contributed by atoms with Crippen molar-refractivity contribution < 1.29 is 13.9 Å². The van der Waals surface area contributed by atoms with Crippen molar-refractivity contribution in [2.45, 2.75) is 64.3 Å². The standard InChI is InChI=1S/C11H20FNO2/c1-11(2,3)15-10(14)13-9-6-4-5-8(12)7-9/h8-9H,4-7H2,1-3H3,(H,13,14)/t8-,9+/m1/s1. The molecule has 0 aromatic rings. The second-order valence-electron chi connectivity index (χ2n) is 5.11. The summed E-state index contributed by atoms with van der Waals surface area (Å²) in [5.74, 6) is 0. The fourth-order valence-electron chi connectivity index (χ4n) is 1.74. The Labute approximate surface area is 90.4 Å². The Morgan fingerprint density at radius 3 is 2.60 bits per heavy atom. The molecule has 0 unspecified atom stereocenters. The first-order valence-electron chi connectivity index (χ1n) is 5.50. The molecule has 0 heterocycles. The molecule has 0 aromatic carbocycles. The van der Waals surface area contributed by atoms with Crippen molar-refractivity contribution in [2.24, 2.45) is 0 Å². The first-order chi connectivity index (χ1) is 6.87. The van der Waals surface area contributed by atoms with Crippen LogP contribution in [0.1, 0.15) is 46.5 Å². The maximum absolute atomic E-state index is 13.0. The quantitative estimate of drug-likeness (QED) is 0.733. The first-order valence-corrected chi connectivity index (χ1v) is 5.50. The SMILES string of the molecule is CC(C)(C)OC(=O)N[C@H]1CCC[C@@H](F)C1. The lowest BCUT2D eigenvalue weighted by Crippen LogP contribution is -2.41. The molecule has 4 heteroatoms.